The highest BCUT2D eigenvalue weighted by Crippen LogP contribution is 2.24. The summed E-state index contributed by atoms with van der Waals surface area (Å²) >= 11 is 6.22. The molecule has 0 saturated carbocycles. The van der Waals surface area contributed by atoms with Gasteiger partial charge in [-0.25, -0.2) is 4.98 Å². The van der Waals surface area contributed by atoms with Gasteiger partial charge in [0, 0.05) is 47.8 Å². The van der Waals surface area contributed by atoms with Gasteiger partial charge < -0.3 is 15.5 Å². The number of aromatic nitrogens is 2. The Labute approximate surface area is 170 Å². The number of hydrogen-bond donors (Lipinski definition) is 2. The lowest BCUT2D eigenvalue weighted by atomic mass is 10.2. The SMILES string of the molecule is Cc1cc(Nc2ccc(N3CCCC3)cc2)nc(NCc2ccccc2Cl)n1. The van der Waals surface area contributed by atoms with E-state index in [1.165, 1.54) is 18.5 Å². The van der Waals surface area contributed by atoms with Crippen LogP contribution in [0, 0.1) is 6.92 Å². The number of nitrogens with one attached hydrogen (secondary N) is 2. The number of rotatable bonds is 6. The van der Waals surface area contributed by atoms with Crippen molar-refractivity contribution in [2.45, 2.75) is 26.3 Å². The van der Waals surface area contributed by atoms with Crippen molar-refractivity contribution in [3.63, 3.8) is 0 Å². The first-order chi connectivity index (χ1) is 13.7. The van der Waals surface area contributed by atoms with E-state index in [-0.39, 0.29) is 0 Å². The molecule has 1 saturated heterocycles. The molecule has 1 aliphatic rings. The molecule has 3 aromatic rings. The Morgan fingerprint density at radius 3 is 2.50 bits per heavy atom. The molecule has 0 amide bonds. The van der Waals surface area contributed by atoms with Crippen molar-refractivity contribution < 1.29 is 0 Å². The zero-order valence-corrected chi connectivity index (χ0v) is 16.7. The van der Waals surface area contributed by atoms with Gasteiger partial charge in [0.05, 0.1) is 0 Å². The minimum absolute atomic E-state index is 0.576. The van der Waals surface area contributed by atoms with Crippen molar-refractivity contribution in [2.75, 3.05) is 28.6 Å². The van der Waals surface area contributed by atoms with Crippen molar-refractivity contribution in [1.29, 1.82) is 0 Å². The van der Waals surface area contributed by atoms with Crippen LogP contribution in [0.1, 0.15) is 24.1 Å². The Bertz CT molecular complexity index is 936. The number of halogens is 1. The molecule has 0 radical (unpaired) electrons. The van der Waals surface area contributed by atoms with Crippen LogP contribution in [0.15, 0.2) is 54.6 Å². The van der Waals surface area contributed by atoms with Crippen LogP contribution < -0.4 is 15.5 Å². The van der Waals surface area contributed by atoms with Gasteiger partial charge in [-0.2, -0.15) is 4.98 Å². The van der Waals surface area contributed by atoms with Crippen molar-refractivity contribution in [1.82, 2.24) is 9.97 Å². The fourth-order valence-corrected chi connectivity index (χ4v) is 3.61. The first kappa shape index (κ1) is 18.6. The number of nitrogens with zero attached hydrogens (tertiary/aromatic N) is 3. The maximum atomic E-state index is 6.22. The molecule has 0 atom stereocenters. The Kier molecular flexibility index (Phi) is 5.63. The summed E-state index contributed by atoms with van der Waals surface area (Å²) in [5.41, 5.74) is 4.20. The summed E-state index contributed by atoms with van der Waals surface area (Å²) in [6.45, 7) is 4.84. The molecular formula is C22H24ClN5. The average molecular weight is 394 g/mol. The zero-order chi connectivity index (χ0) is 19.3. The lowest BCUT2D eigenvalue weighted by molar-refractivity contribution is 0.949. The first-order valence-electron chi connectivity index (χ1n) is 9.62. The maximum Gasteiger partial charge on any atom is 0.225 e. The molecule has 0 spiro atoms. The second kappa shape index (κ2) is 8.48. The van der Waals surface area contributed by atoms with Crippen LogP contribution in [0.3, 0.4) is 0 Å². The maximum absolute atomic E-state index is 6.22. The number of benzene rings is 2. The van der Waals surface area contributed by atoms with Gasteiger partial charge in [-0.1, -0.05) is 29.8 Å². The van der Waals surface area contributed by atoms with E-state index in [1.54, 1.807) is 0 Å². The van der Waals surface area contributed by atoms with Gasteiger partial charge in [-0.15, -0.1) is 0 Å². The van der Waals surface area contributed by atoms with Crippen LogP contribution in [0.25, 0.3) is 0 Å². The Morgan fingerprint density at radius 1 is 1.00 bits per heavy atom. The normalized spacial score (nSPS) is 13.6. The van der Waals surface area contributed by atoms with E-state index in [0.717, 1.165) is 40.9 Å². The molecule has 1 aliphatic heterocycles. The highest BCUT2D eigenvalue weighted by Gasteiger charge is 2.12. The van der Waals surface area contributed by atoms with Crippen LogP contribution >= 0.6 is 11.6 Å². The van der Waals surface area contributed by atoms with Gasteiger partial charge in [0.15, 0.2) is 0 Å². The van der Waals surface area contributed by atoms with Crippen LogP contribution in [0.4, 0.5) is 23.1 Å². The zero-order valence-electron chi connectivity index (χ0n) is 16.0. The predicted molar refractivity (Wildman–Crippen MR) is 117 cm³/mol. The minimum atomic E-state index is 0.576. The van der Waals surface area contributed by atoms with Gasteiger partial charge in [-0.05, 0) is 55.7 Å². The number of aryl methyl sites for hydroxylation is 1. The van der Waals surface area contributed by atoms with Crippen LogP contribution in [-0.2, 0) is 6.54 Å². The quantitative estimate of drug-likeness (QED) is 0.587. The van der Waals surface area contributed by atoms with Crippen molar-refractivity contribution in [2.24, 2.45) is 0 Å². The molecule has 6 heteroatoms. The summed E-state index contributed by atoms with van der Waals surface area (Å²) in [7, 11) is 0. The van der Waals surface area contributed by atoms with Crippen LogP contribution in [-0.4, -0.2) is 23.1 Å². The minimum Gasteiger partial charge on any atom is -0.372 e. The third kappa shape index (κ3) is 4.54. The van der Waals surface area contributed by atoms with Crippen LogP contribution in [0.2, 0.25) is 5.02 Å². The molecule has 2 heterocycles. The highest BCUT2D eigenvalue weighted by atomic mass is 35.5. The molecular weight excluding hydrogens is 370 g/mol. The second-order valence-electron chi connectivity index (χ2n) is 7.03. The standard InChI is InChI=1S/C22H24ClN5/c1-16-14-21(26-18-8-10-19(11-9-18)28-12-4-5-13-28)27-22(25-16)24-15-17-6-2-3-7-20(17)23/h2-3,6-11,14H,4-5,12-13,15H2,1H3,(H2,24,25,26,27). The summed E-state index contributed by atoms with van der Waals surface area (Å²) in [5.74, 6) is 1.35. The van der Waals surface area contributed by atoms with Gasteiger partial charge in [0.2, 0.25) is 5.95 Å². The summed E-state index contributed by atoms with van der Waals surface area (Å²) in [5, 5.41) is 7.37. The number of anilines is 4. The third-order valence-corrected chi connectivity index (χ3v) is 5.23. The topological polar surface area (TPSA) is 53.1 Å². The Hall–Kier alpha value is -2.79. The monoisotopic (exact) mass is 393 g/mol. The molecule has 1 fully saturated rings. The number of hydrogen-bond acceptors (Lipinski definition) is 5. The van der Waals surface area contributed by atoms with E-state index in [2.05, 4.69) is 49.8 Å². The molecule has 2 aromatic carbocycles. The van der Waals surface area contributed by atoms with E-state index in [9.17, 15) is 0 Å². The molecule has 1 aromatic heterocycles. The Balaban J connectivity index is 1.44. The summed E-state index contributed by atoms with van der Waals surface area (Å²) in [6, 6.07) is 18.2. The smallest absolute Gasteiger partial charge is 0.225 e. The van der Waals surface area contributed by atoms with Gasteiger partial charge >= 0.3 is 0 Å². The Morgan fingerprint density at radius 2 is 1.75 bits per heavy atom. The molecule has 5 nitrogen and oxygen atoms in total. The average Bonchev–Trinajstić information content (AvgIpc) is 3.22. The van der Waals surface area contributed by atoms with E-state index in [0.29, 0.717) is 12.5 Å². The van der Waals surface area contributed by atoms with Crippen molar-refractivity contribution >= 4 is 34.7 Å². The fraction of sp³-hybridized carbons (Fsp3) is 0.273. The fourth-order valence-electron chi connectivity index (χ4n) is 3.41. The summed E-state index contributed by atoms with van der Waals surface area (Å²) in [4.78, 5) is 11.5. The van der Waals surface area contributed by atoms with Crippen LogP contribution in [0.5, 0.6) is 0 Å². The largest absolute Gasteiger partial charge is 0.372 e. The van der Waals surface area contributed by atoms with E-state index >= 15 is 0 Å². The van der Waals surface area contributed by atoms with E-state index < -0.39 is 0 Å². The van der Waals surface area contributed by atoms with Gasteiger partial charge in [-0.3, -0.25) is 0 Å². The molecule has 144 valence electrons. The molecule has 4 rings (SSSR count). The molecule has 0 aliphatic carbocycles. The van der Waals surface area contributed by atoms with E-state index in [4.69, 9.17) is 11.6 Å². The summed E-state index contributed by atoms with van der Waals surface area (Å²) in [6.07, 6.45) is 2.56. The van der Waals surface area contributed by atoms with Gasteiger partial charge in [0.1, 0.15) is 5.82 Å². The third-order valence-electron chi connectivity index (χ3n) is 4.86. The lowest BCUT2D eigenvalue weighted by Crippen LogP contribution is -2.17. The first-order valence-corrected chi connectivity index (χ1v) is 10.0. The highest BCUT2D eigenvalue weighted by molar-refractivity contribution is 6.31. The molecule has 0 bridgehead atoms. The predicted octanol–water partition coefficient (Wildman–Crippen LogP) is 5.39. The molecule has 0 unspecified atom stereocenters. The van der Waals surface area contributed by atoms with Gasteiger partial charge in [0.25, 0.3) is 0 Å². The van der Waals surface area contributed by atoms with E-state index in [1.807, 2.05) is 37.3 Å². The molecule has 2 N–H and O–H groups in total. The van der Waals surface area contributed by atoms with Crippen molar-refractivity contribution in [3.8, 4) is 0 Å². The molecule has 28 heavy (non-hydrogen) atoms. The van der Waals surface area contributed by atoms with Crippen molar-refractivity contribution in [3.05, 3.63) is 70.9 Å². The second-order valence-corrected chi connectivity index (χ2v) is 7.44. The summed E-state index contributed by atoms with van der Waals surface area (Å²) < 4.78 is 0. The lowest BCUT2D eigenvalue weighted by Gasteiger charge is -2.18.